The predicted octanol–water partition coefficient (Wildman–Crippen LogP) is 6.61. The number of fused-ring (bicyclic) bond motifs is 3. The van der Waals surface area contributed by atoms with E-state index >= 15 is 0 Å². The number of aryl methyl sites for hydroxylation is 1. The van der Waals surface area contributed by atoms with Gasteiger partial charge in [-0.3, -0.25) is 14.5 Å². The zero-order chi connectivity index (χ0) is 24.4. The van der Waals surface area contributed by atoms with Gasteiger partial charge in [-0.2, -0.15) is 0 Å². The van der Waals surface area contributed by atoms with Gasteiger partial charge in [0.05, 0.1) is 11.4 Å². The summed E-state index contributed by atoms with van der Waals surface area (Å²) in [6, 6.07) is 23.7. The molecule has 0 aliphatic rings. The van der Waals surface area contributed by atoms with E-state index < -0.39 is 0 Å². The van der Waals surface area contributed by atoms with Crippen LogP contribution in [0.3, 0.4) is 0 Å². The largest absolute Gasteiger partial charge is 0.341 e. The molecule has 0 aliphatic carbocycles. The molecule has 6 nitrogen and oxygen atoms in total. The molecule has 35 heavy (non-hydrogen) atoms. The Morgan fingerprint density at radius 3 is 2.51 bits per heavy atom. The first-order valence-corrected chi connectivity index (χ1v) is 12.2. The summed E-state index contributed by atoms with van der Waals surface area (Å²) < 4.78 is 2.27. The minimum absolute atomic E-state index is 0.126. The molecule has 2 aromatic heterocycles. The maximum Gasteiger partial charge on any atom is 0.248 e. The molecule has 0 unspecified atom stereocenters. The zero-order valence-corrected chi connectivity index (χ0v) is 20.3. The van der Waals surface area contributed by atoms with Gasteiger partial charge in [-0.25, -0.2) is 4.98 Å². The van der Waals surface area contributed by atoms with Crippen molar-refractivity contribution in [2.24, 2.45) is 0 Å². The molecule has 0 radical (unpaired) electrons. The first-order valence-electron chi connectivity index (χ1n) is 11.4. The minimum Gasteiger partial charge on any atom is -0.341 e. The van der Waals surface area contributed by atoms with Gasteiger partial charge in [0.1, 0.15) is 0 Å². The highest BCUT2D eigenvalue weighted by Crippen LogP contribution is 2.31. The molecule has 0 spiro atoms. The number of carbonyl (C=O) groups excluding carboxylic acids is 2. The quantitative estimate of drug-likeness (QED) is 0.278. The van der Waals surface area contributed by atoms with E-state index in [9.17, 15) is 9.59 Å². The van der Waals surface area contributed by atoms with E-state index in [4.69, 9.17) is 0 Å². The van der Waals surface area contributed by atoms with Crippen molar-refractivity contribution >= 4 is 67.5 Å². The average Bonchev–Trinajstić information content (AvgIpc) is 3.45. The molecule has 0 aliphatic heterocycles. The Morgan fingerprint density at radius 2 is 1.74 bits per heavy atom. The van der Waals surface area contributed by atoms with E-state index in [1.807, 2.05) is 66.0 Å². The van der Waals surface area contributed by atoms with Gasteiger partial charge >= 0.3 is 0 Å². The molecule has 2 amide bonds. The van der Waals surface area contributed by atoms with E-state index in [-0.39, 0.29) is 11.8 Å². The minimum atomic E-state index is -0.246. The number of thiazole rings is 1. The lowest BCUT2D eigenvalue weighted by molar-refractivity contribution is -0.116. The van der Waals surface area contributed by atoms with Crippen LogP contribution in [0.4, 0.5) is 16.5 Å². The Labute approximate surface area is 207 Å². The molecule has 7 heteroatoms. The van der Waals surface area contributed by atoms with Gasteiger partial charge in [0.15, 0.2) is 5.13 Å². The Balaban J connectivity index is 1.34. The predicted molar refractivity (Wildman–Crippen MR) is 144 cm³/mol. The summed E-state index contributed by atoms with van der Waals surface area (Å²) in [5, 5.41) is 7.60. The SMILES string of the molecule is CCn1c2ccccc2c2cc(NC(=O)/C=C/c3csc(N(C(C)=O)c4ccccc4)n3)ccc21. The van der Waals surface area contributed by atoms with Crippen LogP contribution in [0.25, 0.3) is 27.9 Å². The number of benzene rings is 3. The summed E-state index contributed by atoms with van der Waals surface area (Å²) >= 11 is 1.35. The number of aromatic nitrogens is 2. The first-order chi connectivity index (χ1) is 17.0. The standard InChI is InChI=1S/C28H24N4O2S/c1-3-31-25-12-8-7-11-23(25)24-17-20(13-15-26(24)31)29-27(34)16-14-21-18-35-28(30-21)32(19(2)33)22-9-5-4-6-10-22/h4-18H,3H2,1-2H3,(H,29,34)/b16-14+. The lowest BCUT2D eigenvalue weighted by atomic mass is 10.1. The average molecular weight is 481 g/mol. The number of para-hydroxylation sites is 2. The Morgan fingerprint density at radius 1 is 1.00 bits per heavy atom. The molecule has 2 heterocycles. The van der Waals surface area contributed by atoms with Crippen LogP contribution in [-0.2, 0) is 16.1 Å². The topological polar surface area (TPSA) is 67.2 Å². The highest BCUT2D eigenvalue weighted by molar-refractivity contribution is 7.14. The lowest BCUT2D eigenvalue weighted by Gasteiger charge is -2.17. The molecule has 3 aromatic carbocycles. The van der Waals surface area contributed by atoms with Gasteiger partial charge in [0.25, 0.3) is 0 Å². The van der Waals surface area contributed by atoms with Crippen molar-refractivity contribution in [3.63, 3.8) is 0 Å². The maximum atomic E-state index is 12.6. The number of hydrogen-bond acceptors (Lipinski definition) is 4. The van der Waals surface area contributed by atoms with E-state index in [2.05, 4.69) is 33.9 Å². The number of amides is 2. The van der Waals surface area contributed by atoms with Crippen LogP contribution in [-0.4, -0.2) is 21.4 Å². The smallest absolute Gasteiger partial charge is 0.248 e. The highest BCUT2D eigenvalue weighted by Gasteiger charge is 2.17. The Hall–Kier alpha value is -4.23. The Kier molecular flexibility index (Phi) is 6.16. The van der Waals surface area contributed by atoms with Crippen LogP contribution in [0, 0.1) is 0 Å². The fraction of sp³-hybridized carbons (Fsp3) is 0.107. The van der Waals surface area contributed by atoms with Crippen molar-refractivity contribution in [3.05, 3.63) is 89.9 Å². The molecule has 0 bridgehead atoms. The zero-order valence-electron chi connectivity index (χ0n) is 19.4. The third kappa shape index (κ3) is 4.46. The molecule has 174 valence electrons. The second-order valence-electron chi connectivity index (χ2n) is 8.06. The normalized spacial score (nSPS) is 11.4. The summed E-state index contributed by atoms with van der Waals surface area (Å²) in [7, 11) is 0. The van der Waals surface area contributed by atoms with Crippen LogP contribution in [0.2, 0.25) is 0 Å². The van der Waals surface area contributed by atoms with Crippen LogP contribution in [0.5, 0.6) is 0 Å². The summed E-state index contributed by atoms with van der Waals surface area (Å²) in [5.41, 5.74) is 4.43. The van der Waals surface area contributed by atoms with Gasteiger partial charge in [0, 0.05) is 52.4 Å². The van der Waals surface area contributed by atoms with E-state index in [1.54, 1.807) is 11.0 Å². The molecule has 5 rings (SSSR count). The van der Waals surface area contributed by atoms with Gasteiger partial charge in [0.2, 0.25) is 11.8 Å². The summed E-state index contributed by atoms with van der Waals surface area (Å²) in [6.45, 7) is 4.51. The number of nitrogens with zero attached hydrogens (tertiary/aromatic N) is 3. The number of nitrogens with one attached hydrogen (secondary N) is 1. The third-order valence-corrected chi connectivity index (χ3v) is 6.64. The van der Waals surface area contributed by atoms with Crippen LogP contribution in [0.1, 0.15) is 19.5 Å². The van der Waals surface area contributed by atoms with Crippen LogP contribution in [0.15, 0.2) is 84.3 Å². The molecule has 1 N–H and O–H groups in total. The molecule has 5 aromatic rings. The van der Waals surface area contributed by atoms with Gasteiger partial charge < -0.3 is 9.88 Å². The molecule has 0 fully saturated rings. The third-order valence-electron chi connectivity index (χ3n) is 5.79. The fourth-order valence-electron chi connectivity index (χ4n) is 4.28. The fourth-order valence-corrected chi connectivity index (χ4v) is 5.13. The second-order valence-corrected chi connectivity index (χ2v) is 8.90. The van der Waals surface area contributed by atoms with Crippen molar-refractivity contribution in [1.82, 2.24) is 9.55 Å². The number of anilines is 3. The van der Waals surface area contributed by atoms with Gasteiger partial charge in [-0.1, -0.05) is 36.4 Å². The summed E-state index contributed by atoms with van der Waals surface area (Å²) in [5.74, 6) is -0.372. The lowest BCUT2D eigenvalue weighted by Crippen LogP contribution is -2.22. The number of carbonyl (C=O) groups is 2. The van der Waals surface area contributed by atoms with Crippen molar-refractivity contribution < 1.29 is 9.59 Å². The molecular formula is C28H24N4O2S. The van der Waals surface area contributed by atoms with Crippen molar-refractivity contribution in [2.75, 3.05) is 10.2 Å². The molecule has 0 saturated heterocycles. The highest BCUT2D eigenvalue weighted by atomic mass is 32.1. The monoisotopic (exact) mass is 480 g/mol. The second kappa shape index (κ2) is 9.56. The van der Waals surface area contributed by atoms with Gasteiger partial charge in [-0.15, -0.1) is 11.3 Å². The van der Waals surface area contributed by atoms with E-state index in [0.717, 1.165) is 28.8 Å². The van der Waals surface area contributed by atoms with Crippen LogP contribution < -0.4 is 10.2 Å². The van der Waals surface area contributed by atoms with Crippen molar-refractivity contribution in [2.45, 2.75) is 20.4 Å². The van der Waals surface area contributed by atoms with Crippen molar-refractivity contribution in [1.29, 1.82) is 0 Å². The van der Waals surface area contributed by atoms with Crippen molar-refractivity contribution in [3.8, 4) is 0 Å². The molecule has 0 saturated carbocycles. The maximum absolute atomic E-state index is 12.6. The first kappa shape index (κ1) is 22.6. The van der Waals surface area contributed by atoms with E-state index in [1.165, 1.54) is 35.2 Å². The Bertz CT molecular complexity index is 1570. The number of hydrogen-bond donors (Lipinski definition) is 1. The summed E-state index contributed by atoms with van der Waals surface area (Å²) in [4.78, 5) is 30.9. The van der Waals surface area contributed by atoms with Gasteiger partial charge in [-0.05, 0) is 49.4 Å². The summed E-state index contributed by atoms with van der Waals surface area (Å²) in [6.07, 6.45) is 3.11. The van der Waals surface area contributed by atoms with E-state index in [0.29, 0.717) is 10.8 Å². The van der Waals surface area contributed by atoms with Crippen LogP contribution >= 0.6 is 11.3 Å². The molecule has 0 atom stereocenters. The molecular weight excluding hydrogens is 456 g/mol. The number of rotatable bonds is 6.